The van der Waals surface area contributed by atoms with Crippen LogP contribution >= 0.6 is 0 Å². The zero-order valence-corrected chi connectivity index (χ0v) is 15.5. The van der Waals surface area contributed by atoms with E-state index >= 15 is 0 Å². The number of rotatable bonds is 5. The van der Waals surface area contributed by atoms with Crippen molar-refractivity contribution in [3.8, 4) is 11.5 Å². The van der Waals surface area contributed by atoms with Gasteiger partial charge in [-0.25, -0.2) is 0 Å². The number of aryl methyl sites for hydroxylation is 1. The molecule has 3 aromatic carbocycles. The number of ether oxygens (including phenoxy) is 1. The van der Waals surface area contributed by atoms with Gasteiger partial charge in [0.1, 0.15) is 11.5 Å². The molecule has 0 saturated carbocycles. The lowest BCUT2D eigenvalue weighted by Gasteiger charge is -2.09. The summed E-state index contributed by atoms with van der Waals surface area (Å²) in [5, 5.41) is 12.6. The Labute approximate surface area is 164 Å². The first-order valence-electron chi connectivity index (χ1n) is 9.13. The van der Waals surface area contributed by atoms with Gasteiger partial charge in [-0.05, 0) is 59.9 Å². The minimum Gasteiger partial charge on any atom is -0.457 e. The highest BCUT2D eigenvalue weighted by Gasteiger charge is 2.27. The molecule has 0 unspecified atom stereocenters. The Hall–Kier alpha value is -3.09. The highest BCUT2D eigenvalue weighted by molar-refractivity contribution is 6.61. The van der Waals surface area contributed by atoms with E-state index in [2.05, 4.69) is 5.32 Å². The van der Waals surface area contributed by atoms with Gasteiger partial charge in [-0.3, -0.25) is 4.79 Å². The number of nitrogens with one attached hydrogen (secondary N) is 1. The van der Waals surface area contributed by atoms with Gasteiger partial charge in [0.2, 0.25) is 0 Å². The predicted octanol–water partition coefficient (Wildman–Crippen LogP) is 2.94. The van der Waals surface area contributed by atoms with E-state index in [0.717, 1.165) is 22.2 Å². The SMILES string of the molecule is Cc1ccc(C(=O)NCc2ccc(Oc3ccc4c(c3)COB4O)cc2)cc1. The van der Waals surface area contributed by atoms with Gasteiger partial charge in [-0.1, -0.05) is 35.9 Å². The summed E-state index contributed by atoms with van der Waals surface area (Å²) in [5.41, 5.74) is 4.47. The van der Waals surface area contributed by atoms with Crippen LogP contribution in [0.25, 0.3) is 0 Å². The normalized spacial score (nSPS) is 12.6. The summed E-state index contributed by atoms with van der Waals surface area (Å²) in [4.78, 5) is 12.2. The van der Waals surface area contributed by atoms with Crippen LogP contribution in [0.4, 0.5) is 0 Å². The first kappa shape index (κ1) is 18.3. The molecular weight excluding hydrogens is 353 g/mol. The van der Waals surface area contributed by atoms with E-state index in [1.165, 1.54) is 0 Å². The first-order chi connectivity index (χ1) is 13.6. The lowest BCUT2D eigenvalue weighted by molar-refractivity contribution is 0.0951. The van der Waals surface area contributed by atoms with Crippen molar-refractivity contribution >= 4 is 18.5 Å². The Kier molecular flexibility index (Phi) is 5.15. The fourth-order valence-corrected chi connectivity index (χ4v) is 3.07. The summed E-state index contributed by atoms with van der Waals surface area (Å²) >= 11 is 0. The monoisotopic (exact) mass is 373 g/mol. The van der Waals surface area contributed by atoms with Gasteiger partial charge in [0.05, 0.1) is 6.61 Å². The molecule has 1 aliphatic heterocycles. The number of hydrogen-bond acceptors (Lipinski definition) is 4. The van der Waals surface area contributed by atoms with Crippen LogP contribution in [0.3, 0.4) is 0 Å². The molecule has 0 atom stereocenters. The molecule has 0 fully saturated rings. The second-order valence-electron chi connectivity index (χ2n) is 6.82. The van der Waals surface area contributed by atoms with Crippen molar-refractivity contribution < 1.29 is 19.2 Å². The Morgan fingerprint density at radius 3 is 2.54 bits per heavy atom. The maximum absolute atomic E-state index is 12.2. The van der Waals surface area contributed by atoms with Gasteiger partial charge in [0, 0.05) is 12.1 Å². The van der Waals surface area contributed by atoms with Crippen LogP contribution in [0.1, 0.15) is 27.0 Å². The zero-order chi connectivity index (χ0) is 19.5. The van der Waals surface area contributed by atoms with Crippen LogP contribution < -0.4 is 15.5 Å². The predicted molar refractivity (Wildman–Crippen MR) is 108 cm³/mol. The molecule has 6 heteroatoms. The second-order valence-corrected chi connectivity index (χ2v) is 6.82. The van der Waals surface area contributed by atoms with E-state index in [-0.39, 0.29) is 5.91 Å². The summed E-state index contributed by atoms with van der Waals surface area (Å²) < 4.78 is 11.1. The molecule has 0 aromatic heterocycles. The molecule has 0 aliphatic carbocycles. The van der Waals surface area contributed by atoms with E-state index in [1.54, 1.807) is 0 Å². The Morgan fingerprint density at radius 1 is 1.07 bits per heavy atom. The molecule has 2 N–H and O–H groups in total. The molecule has 5 nitrogen and oxygen atoms in total. The maximum atomic E-state index is 12.2. The third-order valence-electron chi connectivity index (χ3n) is 4.70. The molecule has 3 aromatic rings. The topological polar surface area (TPSA) is 67.8 Å². The van der Waals surface area contributed by atoms with Crippen LogP contribution in [0.5, 0.6) is 11.5 Å². The van der Waals surface area contributed by atoms with E-state index in [9.17, 15) is 9.82 Å². The molecule has 4 rings (SSSR count). The van der Waals surface area contributed by atoms with Crippen LogP contribution in [-0.4, -0.2) is 18.0 Å². The number of hydrogen-bond donors (Lipinski definition) is 2. The Bertz CT molecular complexity index is 986. The molecular formula is C22H20BNO4. The van der Waals surface area contributed by atoms with Crippen molar-refractivity contribution in [2.24, 2.45) is 0 Å². The van der Waals surface area contributed by atoms with Crippen molar-refractivity contribution in [1.29, 1.82) is 0 Å². The summed E-state index contributed by atoms with van der Waals surface area (Å²) in [6.45, 7) is 2.82. The smallest absolute Gasteiger partial charge is 0.457 e. The molecule has 0 spiro atoms. The van der Waals surface area contributed by atoms with Crippen molar-refractivity contribution in [2.45, 2.75) is 20.1 Å². The summed E-state index contributed by atoms with van der Waals surface area (Å²) in [6.07, 6.45) is 0. The molecule has 140 valence electrons. The molecule has 1 amide bonds. The molecule has 1 heterocycles. The lowest BCUT2D eigenvalue weighted by atomic mass is 9.80. The highest BCUT2D eigenvalue weighted by atomic mass is 16.5. The third-order valence-corrected chi connectivity index (χ3v) is 4.70. The van der Waals surface area contributed by atoms with Crippen LogP contribution in [0, 0.1) is 6.92 Å². The largest absolute Gasteiger partial charge is 0.491 e. The van der Waals surface area contributed by atoms with Crippen molar-refractivity contribution in [3.63, 3.8) is 0 Å². The number of carbonyl (C=O) groups is 1. The van der Waals surface area contributed by atoms with Gasteiger partial charge in [0.15, 0.2) is 0 Å². The minimum atomic E-state index is -0.849. The van der Waals surface area contributed by atoms with E-state index < -0.39 is 7.12 Å². The molecule has 1 aliphatic rings. The van der Waals surface area contributed by atoms with Crippen LogP contribution in [-0.2, 0) is 17.8 Å². The average Bonchev–Trinajstić information content (AvgIpc) is 3.08. The molecule has 0 saturated heterocycles. The summed E-state index contributed by atoms with van der Waals surface area (Å²) in [6, 6.07) is 20.6. The fourth-order valence-electron chi connectivity index (χ4n) is 3.07. The van der Waals surface area contributed by atoms with Crippen LogP contribution in [0.15, 0.2) is 66.7 Å². The van der Waals surface area contributed by atoms with Gasteiger partial charge >= 0.3 is 7.12 Å². The number of benzene rings is 3. The summed E-state index contributed by atoms with van der Waals surface area (Å²) in [7, 11) is -0.849. The molecule has 0 bridgehead atoms. The van der Waals surface area contributed by atoms with Crippen molar-refractivity contribution in [1.82, 2.24) is 5.32 Å². The number of carbonyl (C=O) groups excluding carboxylic acids is 1. The Morgan fingerprint density at radius 2 is 1.79 bits per heavy atom. The van der Waals surface area contributed by atoms with Gasteiger partial charge < -0.3 is 19.7 Å². The van der Waals surface area contributed by atoms with Gasteiger partial charge in [-0.15, -0.1) is 0 Å². The zero-order valence-electron chi connectivity index (χ0n) is 15.5. The van der Waals surface area contributed by atoms with Crippen LogP contribution in [0.2, 0.25) is 0 Å². The molecule has 0 radical (unpaired) electrons. The quantitative estimate of drug-likeness (QED) is 0.675. The number of amides is 1. The minimum absolute atomic E-state index is 0.0946. The summed E-state index contributed by atoms with van der Waals surface area (Å²) in [5.74, 6) is 1.30. The lowest BCUT2D eigenvalue weighted by Crippen LogP contribution is -2.27. The van der Waals surface area contributed by atoms with Crippen molar-refractivity contribution in [2.75, 3.05) is 0 Å². The number of fused-ring (bicyclic) bond motifs is 1. The molecule has 28 heavy (non-hydrogen) atoms. The Balaban J connectivity index is 1.35. The first-order valence-corrected chi connectivity index (χ1v) is 9.13. The van der Waals surface area contributed by atoms with Gasteiger partial charge in [0.25, 0.3) is 5.91 Å². The fraction of sp³-hybridized carbons (Fsp3) is 0.136. The van der Waals surface area contributed by atoms with Gasteiger partial charge in [-0.2, -0.15) is 0 Å². The standard InChI is InChI=1S/C22H20BNO4/c1-15-2-6-17(7-3-15)22(25)24-13-16-4-8-19(9-5-16)28-20-10-11-21-18(12-20)14-27-23(21)26/h2-12,26H,13-14H2,1H3,(H,24,25). The van der Waals surface area contributed by atoms with E-state index in [4.69, 9.17) is 9.39 Å². The van der Waals surface area contributed by atoms with E-state index in [0.29, 0.717) is 30.2 Å². The maximum Gasteiger partial charge on any atom is 0.491 e. The third kappa shape index (κ3) is 4.08. The highest BCUT2D eigenvalue weighted by Crippen LogP contribution is 2.24. The van der Waals surface area contributed by atoms with Crippen molar-refractivity contribution in [3.05, 3.63) is 89.0 Å². The van der Waals surface area contributed by atoms with E-state index in [1.807, 2.05) is 73.7 Å². The second kappa shape index (κ2) is 7.88. The average molecular weight is 373 g/mol.